The summed E-state index contributed by atoms with van der Waals surface area (Å²) < 4.78 is 6.45. The highest BCUT2D eigenvalue weighted by Crippen LogP contribution is 2.44. The SMILES string of the molecule is C[C@H]1CCCN1.Cc1c(C)c2c(c(C)c1O)C(=O)C[C@](C)(CCCC(C)CCCC(C)CCCC(C)C)O2. The summed E-state index contributed by atoms with van der Waals surface area (Å²) in [5.74, 6) is 3.41. The molecule has 4 heteroatoms. The molecule has 1 saturated heterocycles. The van der Waals surface area contributed by atoms with Crippen molar-refractivity contribution in [3.63, 3.8) is 0 Å². The molecule has 0 radical (unpaired) electrons. The summed E-state index contributed by atoms with van der Waals surface area (Å²) in [6.45, 7) is 20.6. The van der Waals surface area contributed by atoms with Crippen LogP contribution in [0, 0.1) is 38.5 Å². The zero-order valence-electron chi connectivity index (χ0n) is 26.3. The number of phenolic OH excluding ortho intramolecular Hbond substituents is 1. The number of rotatable bonds is 12. The Hall–Kier alpha value is -1.55. The number of aromatic hydroxyl groups is 1. The molecule has 2 N–H and O–H groups in total. The Labute approximate surface area is 234 Å². The maximum Gasteiger partial charge on any atom is 0.170 e. The Bertz CT molecular complexity index is 886. The van der Waals surface area contributed by atoms with Crippen LogP contribution in [-0.4, -0.2) is 29.1 Å². The third-order valence-electron chi connectivity index (χ3n) is 8.96. The lowest BCUT2D eigenvalue weighted by molar-refractivity contribution is 0.0438. The van der Waals surface area contributed by atoms with E-state index >= 15 is 0 Å². The summed E-state index contributed by atoms with van der Waals surface area (Å²) in [7, 11) is 0. The number of ether oxygens (including phenoxy) is 1. The number of phenols is 1. The van der Waals surface area contributed by atoms with Gasteiger partial charge in [-0.1, -0.05) is 72.6 Å². The maximum atomic E-state index is 13.0. The lowest BCUT2D eigenvalue weighted by Crippen LogP contribution is -2.40. The second kappa shape index (κ2) is 15.3. The second-order valence-electron chi connectivity index (χ2n) is 13.4. The number of fused-ring (bicyclic) bond motifs is 1. The molecule has 4 atom stereocenters. The molecule has 2 aliphatic heterocycles. The van der Waals surface area contributed by atoms with E-state index in [1.54, 1.807) is 0 Å². The number of Topliss-reactive ketones (excluding diaryl/α,β-unsaturated/α-hetero) is 1. The fourth-order valence-corrected chi connectivity index (χ4v) is 6.08. The monoisotopic (exact) mass is 529 g/mol. The molecule has 218 valence electrons. The molecule has 3 rings (SSSR count). The quantitative estimate of drug-likeness (QED) is 0.283. The van der Waals surface area contributed by atoms with E-state index in [1.807, 2.05) is 20.8 Å². The highest BCUT2D eigenvalue weighted by molar-refractivity contribution is 6.03. The molecule has 0 saturated carbocycles. The lowest BCUT2D eigenvalue weighted by atomic mass is 9.83. The van der Waals surface area contributed by atoms with E-state index in [0.717, 1.165) is 47.8 Å². The van der Waals surface area contributed by atoms with Crippen molar-refractivity contribution in [2.75, 3.05) is 6.54 Å². The van der Waals surface area contributed by atoms with Crippen LogP contribution >= 0.6 is 0 Å². The predicted octanol–water partition coefficient (Wildman–Crippen LogP) is 9.24. The van der Waals surface area contributed by atoms with Crippen molar-refractivity contribution in [1.29, 1.82) is 0 Å². The minimum atomic E-state index is -0.449. The van der Waals surface area contributed by atoms with Gasteiger partial charge >= 0.3 is 0 Å². The summed E-state index contributed by atoms with van der Waals surface area (Å²) in [6, 6.07) is 0.796. The zero-order chi connectivity index (χ0) is 28.5. The first-order valence-corrected chi connectivity index (χ1v) is 15.6. The molecular formula is C34H59NO3. The molecule has 0 spiro atoms. The van der Waals surface area contributed by atoms with Gasteiger partial charge in [-0.2, -0.15) is 0 Å². The van der Waals surface area contributed by atoms with Crippen LogP contribution in [0.1, 0.15) is 146 Å². The van der Waals surface area contributed by atoms with Crippen LogP contribution in [0.15, 0.2) is 0 Å². The predicted molar refractivity (Wildman–Crippen MR) is 162 cm³/mol. The summed E-state index contributed by atoms with van der Waals surface area (Å²) in [5, 5.41) is 13.7. The van der Waals surface area contributed by atoms with Crippen LogP contribution < -0.4 is 10.1 Å². The van der Waals surface area contributed by atoms with Gasteiger partial charge in [0.2, 0.25) is 0 Å². The maximum absolute atomic E-state index is 13.0. The first-order valence-electron chi connectivity index (χ1n) is 15.6. The minimum absolute atomic E-state index is 0.101. The van der Waals surface area contributed by atoms with Crippen molar-refractivity contribution in [2.24, 2.45) is 17.8 Å². The number of hydrogen-bond donors (Lipinski definition) is 2. The average Bonchev–Trinajstić information content (AvgIpc) is 3.32. The highest BCUT2D eigenvalue weighted by atomic mass is 16.5. The molecule has 1 aromatic carbocycles. The summed E-state index contributed by atoms with van der Waals surface area (Å²) >= 11 is 0. The number of nitrogens with one attached hydrogen (secondary N) is 1. The van der Waals surface area contributed by atoms with E-state index in [1.165, 1.54) is 64.3 Å². The van der Waals surface area contributed by atoms with Crippen LogP contribution in [0.25, 0.3) is 0 Å². The number of benzene rings is 1. The number of hydrogen-bond acceptors (Lipinski definition) is 4. The summed E-state index contributed by atoms with van der Waals surface area (Å²) in [6.07, 6.45) is 14.4. The van der Waals surface area contributed by atoms with Crippen molar-refractivity contribution >= 4 is 5.78 Å². The fraction of sp³-hybridized carbons (Fsp3) is 0.794. The van der Waals surface area contributed by atoms with Gasteiger partial charge in [0.25, 0.3) is 0 Å². The van der Waals surface area contributed by atoms with Gasteiger partial charge in [-0.3, -0.25) is 4.79 Å². The molecular weight excluding hydrogens is 470 g/mol. The Kier molecular flexibility index (Phi) is 13.1. The van der Waals surface area contributed by atoms with Crippen molar-refractivity contribution in [3.8, 4) is 11.5 Å². The van der Waals surface area contributed by atoms with Gasteiger partial charge < -0.3 is 15.2 Å². The van der Waals surface area contributed by atoms with E-state index in [9.17, 15) is 9.90 Å². The van der Waals surface area contributed by atoms with E-state index in [0.29, 0.717) is 23.3 Å². The lowest BCUT2D eigenvalue weighted by Gasteiger charge is -2.37. The molecule has 4 nitrogen and oxygen atoms in total. The third-order valence-corrected chi connectivity index (χ3v) is 8.96. The second-order valence-corrected chi connectivity index (χ2v) is 13.4. The van der Waals surface area contributed by atoms with Gasteiger partial charge in [-0.15, -0.1) is 0 Å². The fourth-order valence-electron chi connectivity index (χ4n) is 6.08. The van der Waals surface area contributed by atoms with Crippen LogP contribution in [0.2, 0.25) is 0 Å². The minimum Gasteiger partial charge on any atom is -0.507 e. The zero-order valence-corrected chi connectivity index (χ0v) is 26.3. The standard InChI is InChI=1S/C29H48O3.C5H11N/c1-19(2)12-9-13-20(3)14-10-15-21(4)16-11-17-29(8)18-25(30)26-24(7)27(31)22(5)23(6)28(26)32-29;1-5-3-2-4-6-5/h19-21,31H,9-18H2,1-8H3;5-6H,2-4H2,1H3/t20?,21?,29-;5-/m00/s1. The molecule has 0 bridgehead atoms. The molecule has 0 aliphatic carbocycles. The van der Waals surface area contributed by atoms with Gasteiger partial charge in [0, 0.05) is 11.6 Å². The average molecular weight is 530 g/mol. The van der Waals surface area contributed by atoms with Gasteiger partial charge in [0.1, 0.15) is 17.1 Å². The molecule has 1 aromatic rings. The summed E-state index contributed by atoms with van der Waals surface area (Å²) in [5.41, 5.74) is 2.49. The van der Waals surface area contributed by atoms with Crippen molar-refractivity contribution in [1.82, 2.24) is 5.32 Å². The van der Waals surface area contributed by atoms with Crippen LogP contribution in [0.4, 0.5) is 0 Å². The van der Waals surface area contributed by atoms with Crippen LogP contribution in [0.3, 0.4) is 0 Å². The smallest absolute Gasteiger partial charge is 0.170 e. The van der Waals surface area contributed by atoms with Gasteiger partial charge in [0.05, 0.1) is 12.0 Å². The Morgan fingerprint density at radius 2 is 1.50 bits per heavy atom. The molecule has 0 aromatic heterocycles. The number of ketones is 1. The Balaban J connectivity index is 0.000000739. The van der Waals surface area contributed by atoms with Gasteiger partial charge in [-0.25, -0.2) is 0 Å². The molecule has 2 unspecified atom stereocenters. The Morgan fingerprint density at radius 1 is 0.921 bits per heavy atom. The van der Waals surface area contributed by atoms with E-state index < -0.39 is 5.60 Å². The number of carbonyl (C=O) groups excluding carboxylic acids is 1. The van der Waals surface area contributed by atoms with Crippen molar-refractivity contribution in [3.05, 3.63) is 22.3 Å². The topological polar surface area (TPSA) is 58.6 Å². The normalized spacial score (nSPS) is 22.5. The van der Waals surface area contributed by atoms with Crippen molar-refractivity contribution in [2.45, 2.75) is 151 Å². The molecule has 38 heavy (non-hydrogen) atoms. The molecule has 1 fully saturated rings. The van der Waals surface area contributed by atoms with Crippen LogP contribution in [-0.2, 0) is 0 Å². The van der Waals surface area contributed by atoms with Crippen LogP contribution in [0.5, 0.6) is 11.5 Å². The first kappa shape index (κ1) is 32.7. The van der Waals surface area contributed by atoms with E-state index in [4.69, 9.17) is 4.74 Å². The Morgan fingerprint density at radius 3 is 2.00 bits per heavy atom. The first-order chi connectivity index (χ1) is 17.8. The highest BCUT2D eigenvalue weighted by Gasteiger charge is 2.39. The van der Waals surface area contributed by atoms with Gasteiger partial charge in [0.15, 0.2) is 5.78 Å². The van der Waals surface area contributed by atoms with E-state index in [2.05, 4.69) is 46.9 Å². The number of carbonyl (C=O) groups is 1. The largest absolute Gasteiger partial charge is 0.507 e. The summed E-state index contributed by atoms with van der Waals surface area (Å²) in [4.78, 5) is 13.0. The molecule has 2 heterocycles. The van der Waals surface area contributed by atoms with Crippen molar-refractivity contribution < 1.29 is 14.6 Å². The third kappa shape index (κ3) is 9.88. The molecule has 0 amide bonds. The van der Waals surface area contributed by atoms with E-state index in [-0.39, 0.29) is 11.5 Å². The van der Waals surface area contributed by atoms with Gasteiger partial charge in [-0.05, 0) is 95.7 Å². The molecule has 2 aliphatic rings.